The van der Waals surface area contributed by atoms with E-state index in [1.54, 1.807) is 6.20 Å². The maximum Gasteiger partial charge on any atom is 0.490 e. The van der Waals surface area contributed by atoms with E-state index in [-0.39, 0.29) is 0 Å². The molecule has 1 aromatic heterocycles. The molecule has 0 radical (unpaired) electrons. The Bertz CT molecular complexity index is 584. The van der Waals surface area contributed by atoms with Crippen LogP contribution < -0.4 is 5.32 Å². The highest BCUT2D eigenvalue weighted by Gasteiger charge is 2.38. The van der Waals surface area contributed by atoms with Gasteiger partial charge in [-0.3, -0.25) is 4.98 Å². The highest BCUT2D eigenvalue weighted by atomic mass is 19.4. The van der Waals surface area contributed by atoms with Gasteiger partial charge in [0.2, 0.25) is 0 Å². The van der Waals surface area contributed by atoms with Crippen molar-refractivity contribution in [3.05, 3.63) is 59.9 Å². The van der Waals surface area contributed by atoms with E-state index in [0.717, 1.165) is 12.2 Å². The molecule has 118 valence electrons. The molecule has 0 atom stereocenters. The fraction of sp³-hybridized carbons (Fsp3) is 0.200. The van der Waals surface area contributed by atoms with Gasteiger partial charge in [-0.05, 0) is 24.6 Å². The molecular formula is C15H15F3N2O2. The standard InChI is InChI=1S/C13H14N2.C2HF3O2/c1-11-4-6-12(7-5-11)9-15-13-3-2-8-14-10-13;3-2(4,5)1(6)7/h2-8,10,15H,9H2,1H3;(H,6,7). The van der Waals surface area contributed by atoms with Gasteiger partial charge in [0.1, 0.15) is 0 Å². The van der Waals surface area contributed by atoms with E-state index in [4.69, 9.17) is 9.90 Å². The van der Waals surface area contributed by atoms with E-state index in [2.05, 4.69) is 41.5 Å². The zero-order valence-corrected chi connectivity index (χ0v) is 11.8. The third-order valence-electron chi connectivity index (χ3n) is 2.52. The number of nitrogens with one attached hydrogen (secondary N) is 1. The zero-order chi connectivity index (χ0) is 16.6. The number of pyridine rings is 1. The van der Waals surface area contributed by atoms with E-state index in [9.17, 15) is 13.2 Å². The maximum atomic E-state index is 10.6. The summed E-state index contributed by atoms with van der Waals surface area (Å²) < 4.78 is 31.7. The molecule has 0 saturated carbocycles. The minimum Gasteiger partial charge on any atom is -0.475 e. The largest absolute Gasteiger partial charge is 0.490 e. The predicted molar refractivity (Wildman–Crippen MR) is 76.4 cm³/mol. The van der Waals surface area contributed by atoms with Crippen LogP contribution in [0.15, 0.2) is 48.8 Å². The van der Waals surface area contributed by atoms with E-state index in [1.807, 2.05) is 18.3 Å². The molecule has 7 heteroatoms. The molecule has 22 heavy (non-hydrogen) atoms. The van der Waals surface area contributed by atoms with Crippen molar-refractivity contribution in [3.63, 3.8) is 0 Å². The molecule has 0 saturated heterocycles. The van der Waals surface area contributed by atoms with Crippen LogP contribution >= 0.6 is 0 Å². The summed E-state index contributed by atoms with van der Waals surface area (Å²) >= 11 is 0. The number of hydrogen-bond donors (Lipinski definition) is 2. The Balaban J connectivity index is 0.000000295. The molecule has 2 aromatic rings. The molecule has 1 aromatic carbocycles. The van der Waals surface area contributed by atoms with E-state index in [1.165, 1.54) is 11.1 Å². The number of benzene rings is 1. The molecule has 2 rings (SSSR count). The minimum absolute atomic E-state index is 0.839. The number of carbonyl (C=O) groups is 1. The number of hydrogen-bond acceptors (Lipinski definition) is 3. The lowest BCUT2D eigenvalue weighted by molar-refractivity contribution is -0.192. The summed E-state index contributed by atoms with van der Waals surface area (Å²) in [5.41, 5.74) is 3.63. The summed E-state index contributed by atoms with van der Waals surface area (Å²) in [7, 11) is 0. The molecule has 1 heterocycles. The van der Waals surface area contributed by atoms with Crippen molar-refractivity contribution in [1.82, 2.24) is 4.98 Å². The van der Waals surface area contributed by atoms with Crippen molar-refractivity contribution < 1.29 is 23.1 Å². The summed E-state index contributed by atoms with van der Waals surface area (Å²) in [4.78, 5) is 12.9. The van der Waals surface area contributed by atoms with E-state index in [0.29, 0.717) is 0 Å². The molecule has 0 fully saturated rings. The van der Waals surface area contributed by atoms with Crippen molar-refractivity contribution in [2.45, 2.75) is 19.6 Å². The second kappa shape index (κ2) is 8.02. The predicted octanol–water partition coefficient (Wildman–Crippen LogP) is 3.64. The summed E-state index contributed by atoms with van der Waals surface area (Å²) in [5.74, 6) is -2.76. The zero-order valence-electron chi connectivity index (χ0n) is 11.8. The lowest BCUT2D eigenvalue weighted by Crippen LogP contribution is -2.21. The highest BCUT2D eigenvalue weighted by molar-refractivity contribution is 5.73. The van der Waals surface area contributed by atoms with Gasteiger partial charge in [-0.2, -0.15) is 13.2 Å². The Morgan fingerprint density at radius 3 is 2.27 bits per heavy atom. The number of carboxylic acids is 1. The normalized spacial score (nSPS) is 10.4. The van der Waals surface area contributed by atoms with Crippen molar-refractivity contribution in [3.8, 4) is 0 Å². The van der Waals surface area contributed by atoms with Gasteiger partial charge < -0.3 is 10.4 Å². The third kappa shape index (κ3) is 6.74. The van der Waals surface area contributed by atoms with Crippen molar-refractivity contribution >= 4 is 11.7 Å². The van der Waals surface area contributed by atoms with Gasteiger partial charge in [0.15, 0.2) is 0 Å². The number of halogens is 3. The van der Waals surface area contributed by atoms with Crippen LogP contribution in [0.4, 0.5) is 18.9 Å². The first-order valence-corrected chi connectivity index (χ1v) is 6.28. The van der Waals surface area contributed by atoms with Crippen LogP contribution in [-0.2, 0) is 11.3 Å². The Labute approximate surface area is 125 Å². The Morgan fingerprint density at radius 2 is 1.82 bits per heavy atom. The molecule has 0 aliphatic carbocycles. The molecular weight excluding hydrogens is 297 g/mol. The Hall–Kier alpha value is -2.57. The second-order valence-electron chi connectivity index (χ2n) is 4.38. The lowest BCUT2D eigenvalue weighted by atomic mass is 10.1. The van der Waals surface area contributed by atoms with Crippen LogP contribution in [0.5, 0.6) is 0 Å². The van der Waals surface area contributed by atoms with Gasteiger partial charge in [0, 0.05) is 18.9 Å². The fourth-order valence-electron chi connectivity index (χ4n) is 1.38. The van der Waals surface area contributed by atoms with Gasteiger partial charge in [0.05, 0.1) is 5.69 Å². The smallest absolute Gasteiger partial charge is 0.475 e. The van der Waals surface area contributed by atoms with Crippen LogP contribution in [-0.4, -0.2) is 22.2 Å². The molecule has 0 spiro atoms. The van der Waals surface area contributed by atoms with Gasteiger partial charge in [-0.25, -0.2) is 4.79 Å². The molecule has 4 nitrogen and oxygen atoms in total. The van der Waals surface area contributed by atoms with Gasteiger partial charge in [-0.15, -0.1) is 0 Å². The van der Waals surface area contributed by atoms with Crippen LogP contribution in [0.25, 0.3) is 0 Å². The average molecular weight is 312 g/mol. The number of rotatable bonds is 3. The van der Waals surface area contributed by atoms with Crippen molar-refractivity contribution in [2.75, 3.05) is 5.32 Å². The molecule has 0 aliphatic heterocycles. The summed E-state index contributed by atoms with van der Waals surface area (Å²) in [6, 6.07) is 12.5. The molecule has 2 N–H and O–H groups in total. The Morgan fingerprint density at radius 1 is 1.23 bits per heavy atom. The van der Waals surface area contributed by atoms with Gasteiger partial charge in [-0.1, -0.05) is 29.8 Å². The summed E-state index contributed by atoms with van der Waals surface area (Å²) in [6.07, 6.45) is -1.48. The highest BCUT2D eigenvalue weighted by Crippen LogP contribution is 2.13. The van der Waals surface area contributed by atoms with Crippen molar-refractivity contribution in [1.29, 1.82) is 0 Å². The van der Waals surface area contributed by atoms with Gasteiger partial charge in [0.25, 0.3) is 0 Å². The topological polar surface area (TPSA) is 62.2 Å². The number of anilines is 1. The van der Waals surface area contributed by atoms with E-state index < -0.39 is 12.1 Å². The third-order valence-corrected chi connectivity index (χ3v) is 2.52. The van der Waals surface area contributed by atoms with Crippen LogP contribution in [0.1, 0.15) is 11.1 Å². The number of aromatic nitrogens is 1. The second-order valence-corrected chi connectivity index (χ2v) is 4.38. The number of aryl methyl sites for hydroxylation is 1. The first kappa shape index (κ1) is 17.5. The molecule has 0 aliphatic rings. The summed E-state index contributed by atoms with van der Waals surface area (Å²) in [6.45, 7) is 2.93. The number of alkyl halides is 3. The number of nitrogens with zero attached hydrogens (tertiary/aromatic N) is 1. The lowest BCUT2D eigenvalue weighted by Gasteiger charge is -2.05. The average Bonchev–Trinajstić information content (AvgIpc) is 2.47. The number of carboxylic acid groups (broad SMARTS) is 1. The fourth-order valence-corrected chi connectivity index (χ4v) is 1.38. The van der Waals surface area contributed by atoms with Crippen LogP contribution in [0.2, 0.25) is 0 Å². The first-order valence-electron chi connectivity index (χ1n) is 6.28. The van der Waals surface area contributed by atoms with E-state index >= 15 is 0 Å². The molecule has 0 bridgehead atoms. The maximum absolute atomic E-state index is 10.6. The first-order chi connectivity index (χ1) is 10.3. The quantitative estimate of drug-likeness (QED) is 0.908. The Kier molecular flexibility index (Phi) is 6.37. The summed E-state index contributed by atoms with van der Waals surface area (Å²) in [5, 5.41) is 10.4. The van der Waals surface area contributed by atoms with Gasteiger partial charge >= 0.3 is 12.1 Å². The molecule has 0 unspecified atom stereocenters. The number of aliphatic carboxylic acids is 1. The van der Waals surface area contributed by atoms with Crippen molar-refractivity contribution in [2.24, 2.45) is 0 Å². The SMILES string of the molecule is Cc1ccc(CNc2cccnc2)cc1.O=C(O)C(F)(F)F. The van der Waals surface area contributed by atoms with Crippen LogP contribution in [0, 0.1) is 6.92 Å². The monoisotopic (exact) mass is 312 g/mol. The molecule has 0 amide bonds. The minimum atomic E-state index is -5.08. The van der Waals surface area contributed by atoms with Crippen LogP contribution in [0.3, 0.4) is 0 Å².